The number of hydrogen-bond donors (Lipinski definition) is 1. The molecule has 0 unspecified atom stereocenters. The van der Waals surface area contributed by atoms with Crippen LogP contribution in [0.1, 0.15) is 36.0 Å². The lowest BCUT2D eigenvalue weighted by Gasteiger charge is -2.22. The van der Waals surface area contributed by atoms with Gasteiger partial charge in [0.15, 0.2) is 0 Å². The number of anilines is 3. The van der Waals surface area contributed by atoms with Crippen LogP contribution in [0.25, 0.3) is 0 Å². The van der Waals surface area contributed by atoms with E-state index >= 15 is 0 Å². The predicted octanol–water partition coefficient (Wildman–Crippen LogP) is 4.39. The fourth-order valence-electron chi connectivity index (χ4n) is 3.21. The van der Waals surface area contributed by atoms with Crippen molar-refractivity contribution in [3.63, 3.8) is 0 Å². The van der Waals surface area contributed by atoms with Crippen LogP contribution in [0.4, 0.5) is 17.1 Å². The Labute approximate surface area is 150 Å². The van der Waals surface area contributed by atoms with Crippen LogP contribution in [0.5, 0.6) is 0 Å². The molecule has 3 rings (SSSR count). The number of hydrogen-bond acceptors (Lipinski definition) is 3. The van der Waals surface area contributed by atoms with Crippen LogP contribution < -0.4 is 15.1 Å². The average Bonchev–Trinajstić information content (AvgIpc) is 2.92. The lowest BCUT2D eigenvalue weighted by Crippen LogP contribution is -2.23. The Bertz CT molecular complexity index is 701. The monoisotopic (exact) mass is 337 g/mol. The first-order valence-electron chi connectivity index (χ1n) is 9.07. The van der Waals surface area contributed by atoms with Gasteiger partial charge in [-0.3, -0.25) is 4.79 Å². The number of carbonyl (C=O) groups excluding carboxylic acids is 1. The normalized spacial score (nSPS) is 14.7. The van der Waals surface area contributed by atoms with Gasteiger partial charge < -0.3 is 15.1 Å². The van der Waals surface area contributed by atoms with Crippen LogP contribution in [0, 0.1) is 0 Å². The van der Waals surface area contributed by atoms with E-state index in [1.54, 1.807) is 0 Å². The molecule has 2 aromatic carbocycles. The molecule has 0 saturated carbocycles. The van der Waals surface area contributed by atoms with Crippen molar-refractivity contribution in [3.8, 4) is 0 Å². The third-order valence-corrected chi connectivity index (χ3v) is 4.72. The Morgan fingerprint density at radius 1 is 0.960 bits per heavy atom. The third kappa shape index (κ3) is 4.53. The van der Waals surface area contributed by atoms with Gasteiger partial charge in [0.2, 0.25) is 0 Å². The summed E-state index contributed by atoms with van der Waals surface area (Å²) in [6, 6.07) is 15.9. The largest absolute Gasteiger partial charge is 0.378 e. The van der Waals surface area contributed by atoms with E-state index < -0.39 is 0 Å². The highest BCUT2D eigenvalue weighted by Crippen LogP contribution is 2.22. The van der Waals surface area contributed by atoms with Crippen molar-refractivity contribution >= 4 is 23.0 Å². The van der Waals surface area contributed by atoms with Gasteiger partial charge in [0, 0.05) is 49.8 Å². The Kier molecular flexibility index (Phi) is 5.59. The van der Waals surface area contributed by atoms with Gasteiger partial charge in [-0.15, -0.1) is 0 Å². The molecular weight excluding hydrogens is 310 g/mol. The molecule has 0 aromatic heterocycles. The van der Waals surface area contributed by atoms with E-state index in [-0.39, 0.29) is 5.91 Å². The van der Waals surface area contributed by atoms with Crippen LogP contribution in [0.15, 0.2) is 48.5 Å². The van der Waals surface area contributed by atoms with E-state index in [1.807, 2.05) is 55.4 Å². The zero-order chi connectivity index (χ0) is 17.6. The lowest BCUT2D eigenvalue weighted by atomic mass is 10.1. The zero-order valence-electron chi connectivity index (χ0n) is 15.2. The summed E-state index contributed by atoms with van der Waals surface area (Å²) in [6.07, 6.45) is 5.19. The molecule has 1 N–H and O–H groups in total. The molecule has 0 bridgehead atoms. The minimum Gasteiger partial charge on any atom is -0.378 e. The van der Waals surface area contributed by atoms with Crippen LogP contribution in [0.3, 0.4) is 0 Å². The Morgan fingerprint density at radius 3 is 2.28 bits per heavy atom. The summed E-state index contributed by atoms with van der Waals surface area (Å²) in [6.45, 7) is 2.26. The SMILES string of the molecule is CN(C)c1cccc(C(=O)Nc2ccc(N3CCCCCC3)cc2)c1. The Balaban J connectivity index is 1.66. The van der Waals surface area contributed by atoms with Gasteiger partial charge in [0.05, 0.1) is 0 Å². The summed E-state index contributed by atoms with van der Waals surface area (Å²) >= 11 is 0. The molecule has 0 aliphatic carbocycles. The molecule has 1 aliphatic heterocycles. The van der Waals surface area contributed by atoms with Crippen LogP contribution in [0.2, 0.25) is 0 Å². The zero-order valence-corrected chi connectivity index (χ0v) is 15.2. The summed E-state index contributed by atoms with van der Waals surface area (Å²) in [4.78, 5) is 16.9. The van der Waals surface area contributed by atoms with Crippen molar-refractivity contribution in [1.29, 1.82) is 0 Å². The summed E-state index contributed by atoms with van der Waals surface area (Å²) in [7, 11) is 3.94. The van der Waals surface area contributed by atoms with Gasteiger partial charge in [-0.05, 0) is 55.3 Å². The molecule has 4 nitrogen and oxygen atoms in total. The lowest BCUT2D eigenvalue weighted by molar-refractivity contribution is 0.102. The minimum absolute atomic E-state index is 0.0776. The maximum absolute atomic E-state index is 12.5. The highest BCUT2D eigenvalue weighted by molar-refractivity contribution is 6.04. The smallest absolute Gasteiger partial charge is 0.255 e. The number of benzene rings is 2. The maximum atomic E-state index is 12.5. The van der Waals surface area contributed by atoms with Crippen molar-refractivity contribution in [1.82, 2.24) is 0 Å². The van der Waals surface area contributed by atoms with E-state index in [2.05, 4.69) is 22.3 Å². The van der Waals surface area contributed by atoms with E-state index in [0.29, 0.717) is 5.56 Å². The Hall–Kier alpha value is -2.49. The number of rotatable bonds is 4. The topological polar surface area (TPSA) is 35.6 Å². The van der Waals surface area contributed by atoms with Gasteiger partial charge in [0.25, 0.3) is 5.91 Å². The van der Waals surface area contributed by atoms with E-state index in [4.69, 9.17) is 0 Å². The molecule has 0 spiro atoms. The van der Waals surface area contributed by atoms with Crippen molar-refractivity contribution in [3.05, 3.63) is 54.1 Å². The molecule has 1 fully saturated rings. The number of carbonyl (C=O) groups is 1. The highest BCUT2D eigenvalue weighted by Gasteiger charge is 2.11. The van der Waals surface area contributed by atoms with Gasteiger partial charge in [-0.25, -0.2) is 0 Å². The average molecular weight is 337 g/mol. The molecule has 0 atom stereocenters. The summed E-state index contributed by atoms with van der Waals surface area (Å²) < 4.78 is 0. The van der Waals surface area contributed by atoms with Crippen molar-refractivity contribution in [2.45, 2.75) is 25.7 Å². The molecule has 2 aromatic rings. The molecule has 1 aliphatic rings. The second kappa shape index (κ2) is 8.06. The number of amides is 1. The Morgan fingerprint density at radius 2 is 1.64 bits per heavy atom. The first kappa shape index (κ1) is 17.3. The fraction of sp³-hybridized carbons (Fsp3) is 0.381. The number of nitrogens with zero attached hydrogens (tertiary/aromatic N) is 2. The third-order valence-electron chi connectivity index (χ3n) is 4.72. The molecular formula is C21H27N3O. The summed E-state index contributed by atoms with van der Waals surface area (Å²) in [5, 5.41) is 2.99. The first-order chi connectivity index (χ1) is 12.1. The van der Waals surface area contributed by atoms with E-state index in [9.17, 15) is 4.79 Å². The van der Waals surface area contributed by atoms with E-state index in [1.165, 1.54) is 31.4 Å². The molecule has 0 radical (unpaired) electrons. The van der Waals surface area contributed by atoms with Crippen LogP contribution in [-0.2, 0) is 0 Å². The molecule has 132 valence electrons. The van der Waals surface area contributed by atoms with Crippen molar-refractivity contribution in [2.24, 2.45) is 0 Å². The predicted molar refractivity (Wildman–Crippen MR) is 106 cm³/mol. The molecule has 4 heteroatoms. The van der Waals surface area contributed by atoms with Crippen molar-refractivity contribution < 1.29 is 4.79 Å². The highest BCUT2D eigenvalue weighted by atomic mass is 16.1. The summed E-state index contributed by atoms with van der Waals surface area (Å²) in [5.41, 5.74) is 3.76. The maximum Gasteiger partial charge on any atom is 0.255 e. The van der Waals surface area contributed by atoms with Crippen LogP contribution >= 0.6 is 0 Å². The van der Waals surface area contributed by atoms with Gasteiger partial charge in [-0.2, -0.15) is 0 Å². The number of nitrogens with one attached hydrogen (secondary N) is 1. The van der Waals surface area contributed by atoms with Gasteiger partial charge in [0.1, 0.15) is 0 Å². The van der Waals surface area contributed by atoms with Crippen molar-refractivity contribution in [2.75, 3.05) is 42.3 Å². The molecule has 25 heavy (non-hydrogen) atoms. The minimum atomic E-state index is -0.0776. The molecule has 1 heterocycles. The van der Waals surface area contributed by atoms with E-state index in [0.717, 1.165) is 24.5 Å². The second-order valence-corrected chi connectivity index (χ2v) is 6.85. The second-order valence-electron chi connectivity index (χ2n) is 6.85. The molecule has 1 amide bonds. The van der Waals surface area contributed by atoms with Gasteiger partial charge in [-0.1, -0.05) is 18.9 Å². The first-order valence-corrected chi connectivity index (χ1v) is 9.07. The van der Waals surface area contributed by atoms with Gasteiger partial charge >= 0.3 is 0 Å². The van der Waals surface area contributed by atoms with Crippen LogP contribution in [-0.4, -0.2) is 33.1 Å². The fourth-order valence-corrected chi connectivity index (χ4v) is 3.21. The standard InChI is InChI=1S/C21H27N3O/c1-23(2)20-9-7-8-17(16-20)21(25)22-18-10-12-19(13-11-18)24-14-5-3-4-6-15-24/h7-13,16H,3-6,14-15H2,1-2H3,(H,22,25). The summed E-state index contributed by atoms with van der Waals surface area (Å²) in [5.74, 6) is -0.0776. The quantitative estimate of drug-likeness (QED) is 0.899. The molecule has 1 saturated heterocycles.